The van der Waals surface area contributed by atoms with Crippen molar-refractivity contribution in [1.82, 2.24) is 4.90 Å². The van der Waals surface area contributed by atoms with Crippen molar-refractivity contribution in [2.75, 3.05) is 19.6 Å². The number of carboxylic acid groups (broad SMARTS) is 1. The molecule has 0 aromatic carbocycles. The van der Waals surface area contributed by atoms with Gasteiger partial charge in [0.15, 0.2) is 0 Å². The van der Waals surface area contributed by atoms with Gasteiger partial charge in [-0.1, -0.05) is 5.57 Å². The molecule has 1 atom stereocenters. The zero-order valence-corrected chi connectivity index (χ0v) is 9.63. The van der Waals surface area contributed by atoms with Crippen LogP contribution in [0.2, 0.25) is 0 Å². The van der Waals surface area contributed by atoms with Gasteiger partial charge in [-0.2, -0.15) is 13.2 Å². The van der Waals surface area contributed by atoms with E-state index in [2.05, 4.69) is 0 Å². The first-order chi connectivity index (χ1) is 7.79. The third-order valence-electron chi connectivity index (χ3n) is 2.81. The Kier molecular flexibility index (Phi) is 4.56. The second-order valence-electron chi connectivity index (χ2n) is 4.44. The van der Waals surface area contributed by atoms with Gasteiger partial charge in [-0.3, -0.25) is 4.90 Å². The van der Waals surface area contributed by atoms with Crippen molar-refractivity contribution in [1.29, 1.82) is 0 Å². The van der Waals surface area contributed by atoms with Crippen LogP contribution in [0.3, 0.4) is 0 Å². The normalized spacial score (nSPS) is 23.8. The largest absolute Gasteiger partial charge is 0.478 e. The van der Waals surface area contributed by atoms with E-state index in [9.17, 15) is 18.0 Å². The molecule has 1 fully saturated rings. The van der Waals surface area contributed by atoms with Crippen molar-refractivity contribution in [3.8, 4) is 0 Å². The number of rotatable bonds is 3. The third kappa shape index (κ3) is 4.77. The van der Waals surface area contributed by atoms with Crippen LogP contribution >= 0.6 is 0 Å². The SMILES string of the molecule is CC(=CC(=O)O)CN1CCCC(C(F)(F)F)C1. The van der Waals surface area contributed by atoms with Gasteiger partial charge in [-0.25, -0.2) is 4.79 Å². The van der Waals surface area contributed by atoms with E-state index in [0.717, 1.165) is 6.08 Å². The molecule has 0 aromatic heterocycles. The van der Waals surface area contributed by atoms with E-state index in [4.69, 9.17) is 5.11 Å². The summed E-state index contributed by atoms with van der Waals surface area (Å²) in [4.78, 5) is 12.1. The van der Waals surface area contributed by atoms with E-state index in [0.29, 0.717) is 25.1 Å². The van der Waals surface area contributed by atoms with Gasteiger partial charge in [0.25, 0.3) is 0 Å². The van der Waals surface area contributed by atoms with Crippen LogP contribution in [-0.4, -0.2) is 41.8 Å². The average molecular weight is 251 g/mol. The molecule has 0 aromatic rings. The number of halogens is 3. The van der Waals surface area contributed by atoms with Gasteiger partial charge >= 0.3 is 12.1 Å². The van der Waals surface area contributed by atoms with Crippen molar-refractivity contribution in [3.63, 3.8) is 0 Å². The maximum absolute atomic E-state index is 12.5. The Morgan fingerprint density at radius 1 is 1.53 bits per heavy atom. The molecule has 0 bridgehead atoms. The molecular formula is C11H16F3NO2. The quantitative estimate of drug-likeness (QED) is 0.782. The molecule has 98 valence electrons. The van der Waals surface area contributed by atoms with Crippen LogP contribution in [-0.2, 0) is 4.79 Å². The Morgan fingerprint density at radius 3 is 2.71 bits per heavy atom. The van der Waals surface area contributed by atoms with E-state index in [1.807, 2.05) is 0 Å². The zero-order chi connectivity index (χ0) is 13.1. The molecule has 1 heterocycles. The van der Waals surface area contributed by atoms with Gasteiger partial charge in [0, 0.05) is 19.2 Å². The van der Waals surface area contributed by atoms with Gasteiger partial charge in [-0.05, 0) is 26.3 Å². The predicted octanol–water partition coefficient (Wildman–Crippen LogP) is 2.29. The number of carboxylic acids is 1. The van der Waals surface area contributed by atoms with Gasteiger partial charge in [0.2, 0.25) is 0 Å². The number of likely N-dealkylation sites (tertiary alicyclic amines) is 1. The second kappa shape index (κ2) is 5.53. The van der Waals surface area contributed by atoms with Crippen LogP contribution in [0.1, 0.15) is 19.8 Å². The molecule has 1 N–H and O–H groups in total. The first-order valence-electron chi connectivity index (χ1n) is 5.48. The lowest BCUT2D eigenvalue weighted by Gasteiger charge is -2.33. The highest BCUT2D eigenvalue weighted by Crippen LogP contribution is 2.33. The highest BCUT2D eigenvalue weighted by Gasteiger charge is 2.41. The monoisotopic (exact) mass is 251 g/mol. The van der Waals surface area contributed by atoms with Crippen molar-refractivity contribution in [2.24, 2.45) is 5.92 Å². The summed E-state index contributed by atoms with van der Waals surface area (Å²) in [5.74, 6) is -2.35. The number of hydrogen-bond acceptors (Lipinski definition) is 2. The summed E-state index contributed by atoms with van der Waals surface area (Å²) in [6.07, 6.45) is -2.44. The summed E-state index contributed by atoms with van der Waals surface area (Å²) in [6, 6.07) is 0. The molecule has 0 radical (unpaired) electrons. The van der Waals surface area contributed by atoms with Crippen molar-refractivity contribution in [2.45, 2.75) is 25.9 Å². The molecule has 0 spiro atoms. The summed E-state index contributed by atoms with van der Waals surface area (Å²) in [5.41, 5.74) is 0.570. The van der Waals surface area contributed by atoms with Gasteiger partial charge in [0.05, 0.1) is 5.92 Å². The number of carbonyl (C=O) groups is 1. The molecular weight excluding hydrogens is 235 g/mol. The Labute approximate surface area is 97.9 Å². The lowest BCUT2D eigenvalue weighted by atomic mass is 9.97. The smallest absolute Gasteiger partial charge is 0.393 e. The van der Waals surface area contributed by atoms with Crippen LogP contribution in [0.15, 0.2) is 11.6 Å². The minimum absolute atomic E-state index is 0.0334. The summed E-state index contributed by atoms with van der Waals surface area (Å²) in [7, 11) is 0. The minimum atomic E-state index is -4.15. The first kappa shape index (κ1) is 14.0. The zero-order valence-electron chi connectivity index (χ0n) is 9.63. The Hall–Kier alpha value is -1.04. The molecule has 0 amide bonds. The standard InChI is InChI=1S/C11H16F3NO2/c1-8(5-10(16)17)6-15-4-2-3-9(7-15)11(12,13)14/h5,9H,2-4,6-7H2,1H3,(H,16,17). The van der Waals surface area contributed by atoms with E-state index < -0.39 is 18.1 Å². The van der Waals surface area contributed by atoms with Crippen LogP contribution in [0.25, 0.3) is 0 Å². The van der Waals surface area contributed by atoms with Gasteiger partial charge in [-0.15, -0.1) is 0 Å². The van der Waals surface area contributed by atoms with Gasteiger partial charge in [0.1, 0.15) is 0 Å². The maximum atomic E-state index is 12.5. The molecule has 0 saturated carbocycles. The number of hydrogen-bond donors (Lipinski definition) is 1. The Morgan fingerprint density at radius 2 is 2.18 bits per heavy atom. The summed E-state index contributed by atoms with van der Waals surface area (Å²) >= 11 is 0. The van der Waals surface area contributed by atoms with E-state index in [-0.39, 0.29) is 13.0 Å². The van der Waals surface area contributed by atoms with Crippen LogP contribution in [0.4, 0.5) is 13.2 Å². The number of aliphatic carboxylic acids is 1. The highest BCUT2D eigenvalue weighted by atomic mass is 19.4. The maximum Gasteiger partial charge on any atom is 0.393 e. The summed E-state index contributed by atoms with van der Waals surface area (Å²) < 4.78 is 37.6. The number of piperidine rings is 1. The number of alkyl halides is 3. The van der Waals surface area contributed by atoms with Crippen LogP contribution in [0, 0.1) is 5.92 Å². The Balaban J connectivity index is 2.53. The molecule has 1 unspecified atom stereocenters. The molecule has 3 nitrogen and oxygen atoms in total. The molecule has 6 heteroatoms. The molecule has 0 aliphatic carbocycles. The third-order valence-corrected chi connectivity index (χ3v) is 2.81. The Bertz CT molecular complexity index is 312. The number of nitrogens with zero attached hydrogens (tertiary/aromatic N) is 1. The predicted molar refractivity (Wildman–Crippen MR) is 56.6 cm³/mol. The molecule has 1 aliphatic rings. The molecule has 1 rings (SSSR count). The average Bonchev–Trinajstić information content (AvgIpc) is 2.15. The van der Waals surface area contributed by atoms with Crippen molar-refractivity contribution < 1.29 is 23.1 Å². The first-order valence-corrected chi connectivity index (χ1v) is 5.48. The molecule has 1 saturated heterocycles. The van der Waals surface area contributed by atoms with Crippen molar-refractivity contribution in [3.05, 3.63) is 11.6 Å². The molecule has 1 aliphatic heterocycles. The fourth-order valence-electron chi connectivity index (χ4n) is 2.08. The minimum Gasteiger partial charge on any atom is -0.478 e. The van der Waals surface area contributed by atoms with Crippen LogP contribution < -0.4 is 0 Å². The van der Waals surface area contributed by atoms with Crippen LogP contribution in [0.5, 0.6) is 0 Å². The topological polar surface area (TPSA) is 40.5 Å². The van der Waals surface area contributed by atoms with Gasteiger partial charge < -0.3 is 5.11 Å². The van der Waals surface area contributed by atoms with Crippen molar-refractivity contribution >= 4 is 5.97 Å². The van der Waals surface area contributed by atoms with E-state index >= 15 is 0 Å². The summed E-state index contributed by atoms with van der Waals surface area (Å²) in [6.45, 7) is 2.47. The van der Waals surface area contributed by atoms with E-state index in [1.54, 1.807) is 11.8 Å². The lowest BCUT2D eigenvalue weighted by molar-refractivity contribution is -0.186. The fraction of sp³-hybridized carbons (Fsp3) is 0.727. The fourth-order valence-corrected chi connectivity index (χ4v) is 2.08. The second-order valence-corrected chi connectivity index (χ2v) is 4.44. The molecule has 17 heavy (non-hydrogen) atoms. The summed E-state index contributed by atoms with van der Waals surface area (Å²) in [5, 5.41) is 8.52. The van der Waals surface area contributed by atoms with E-state index in [1.165, 1.54) is 0 Å². The lowest BCUT2D eigenvalue weighted by Crippen LogP contribution is -2.42. The highest BCUT2D eigenvalue weighted by molar-refractivity contribution is 5.80.